The highest BCUT2D eigenvalue weighted by Crippen LogP contribution is 2.34. The molecule has 0 bridgehead atoms. The monoisotopic (exact) mass is 404 g/mol. The van der Waals surface area contributed by atoms with Gasteiger partial charge in [0.25, 0.3) is 5.56 Å². The maximum atomic E-state index is 11.9. The number of nitrogens with one attached hydrogen (secondary N) is 1. The molecule has 0 aliphatic heterocycles. The molecule has 0 spiro atoms. The summed E-state index contributed by atoms with van der Waals surface area (Å²) in [4.78, 5) is 17.3. The lowest BCUT2D eigenvalue weighted by Gasteiger charge is -2.37. The van der Waals surface area contributed by atoms with Crippen molar-refractivity contribution in [1.29, 1.82) is 0 Å². The van der Waals surface area contributed by atoms with Crippen molar-refractivity contribution in [3.05, 3.63) is 39.8 Å². The molecule has 1 saturated carbocycles. The second-order valence-electron chi connectivity index (χ2n) is 7.94. The van der Waals surface area contributed by atoms with E-state index in [1.807, 2.05) is 12.1 Å². The van der Waals surface area contributed by atoms with E-state index < -0.39 is 0 Å². The van der Waals surface area contributed by atoms with Crippen LogP contribution >= 0.6 is 11.6 Å². The Bertz CT molecular complexity index is 804. The number of hydrogen-bond acceptors (Lipinski definition) is 3. The highest BCUT2D eigenvalue weighted by atomic mass is 35.5. The first-order valence-electron chi connectivity index (χ1n) is 10.8. The second kappa shape index (κ2) is 10.3. The van der Waals surface area contributed by atoms with Gasteiger partial charge >= 0.3 is 0 Å². The number of halogens is 1. The zero-order valence-corrected chi connectivity index (χ0v) is 17.9. The summed E-state index contributed by atoms with van der Waals surface area (Å²) < 4.78 is 6.26. The fraction of sp³-hybridized carbons (Fsp3) is 0.609. The van der Waals surface area contributed by atoms with Crippen molar-refractivity contribution < 1.29 is 4.74 Å². The highest BCUT2D eigenvalue weighted by Gasteiger charge is 2.27. The molecule has 1 fully saturated rings. The van der Waals surface area contributed by atoms with E-state index in [0.717, 1.165) is 18.2 Å². The van der Waals surface area contributed by atoms with Crippen molar-refractivity contribution in [3.63, 3.8) is 0 Å². The van der Waals surface area contributed by atoms with E-state index in [1.165, 1.54) is 51.6 Å². The molecule has 0 amide bonds. The molecule has 0 unspecified atom stereocenters. The first-order chi connectivity index (χ1) is 13.6. The summed E-state index contributed by atoms with van der Waals surface area (Å²) in [6.07, 6.45) is 11.4. The number of benzene rings is 1. The van der Waals surface area contributed by atoms with Gasteiger partial charge in [0.1, 0.15) is 5.75 Å². The lowest BCUT2D eigenvalue weighted by Crippen LogP contribution is -2.41. The fourth-order valence-corrected chi connectivity index (χ4v) is 4.48. The van der Waals surface area contributed by atoms with Gasteiger partial charge in [-0.2, -0.15) is 0 Å². The van der Waals surface area contributed by atoms with Gasteiger partial charge in [-0.05, 0) is 69.8 Å². The van der Waals surface area contributed by atoms with Crippen molar-refractivity contribution in [1.82, 2.24) is 9.88 Å². The van der Waals surface area contributed by atoms with Crippen LogP contribution in [-0.4, -0.2) is 35.1 Å². The van der Waals surface area contributed by atoms with E-state index in [2.05, 4.69) is 23.7 Å². The Morgan fingerprint density at radius 3 is 2.36 bits per heavy atom. The summed E-state index contributed by atoms with van der Waals surface area (Å²) in [5.74, 6) is 0.692. The minimum Gasteiger partial charge on any atom is -0.489 e. The Labute approximate surface area is 173 Å². The van der Waals surface area contributed by atoms with Crippen LogP contribution in [0.25, 0.3) is 10.8 Å². The average Bonchev–Trinajstić information content (AvgIpc) is 2.71. The van der Waals surface area contributed by atoms with Crippen LogP contribution < -0.4 is 10.3 Å². The molecular formula is C23H33ClN2O2. The standard InChI is InChI=1S/C23H33ClN2O2/c1-3-5-15-26(16-6-4-2)17-7-9-18(10-8-17)28-21-12-11-20-19(22(21)24)13-14-25-23(20)27/h11-14,17-18H,3-10,15-16H2,1-2H3,(H,25,27)/t17-,18+. The second-order valence-corrected chi connectivity index (χ2v) is 8.32. The fourth-order valence-electron chi connectivity index (χ4n) is 4.21. The van der Waals surface area contributed by atoms with E-state index >= 15 is 0 Å². The Hall–Kier alpha value is -1.52. The predicted octanol–water partition coefficient (Wildman–Crippen LogP) is 5.77. The maximum Gasteiger partial charge on any atom is 0.255 e. The van der Waals surface area contributed by atoms with Crippen molar-refractivity contribution in [2.45, 2.75) is 77.4 Å². The van der Waals surface area contributed by atoms with Crippen molar-refractivity contribution >= 4 is 22.4 Å². The molecule has 1 N–H and O–H groups in total. The van der Waals surface area contributed by atoms with Crippen molar-refractivity contribution in [3.8, 4) is 5.75 Å². The van der Waals surface area contributed by atoms with E-state index in [0.29, 0.717) is 22.2 Å². The maximum absolute atomic E-state index is 11.9. The van der Waals surface area contributed by atoms with Gasteiger partial charge in [0.05, 0.1) is 11.1 Å². The Kier molecular flexibility index (Phi) is 7.81. The van der Waals surface area contributed by atoms with Crippen LogP contribution in [0.3, 0.4) is 0 Å². The summed E-state index contributed by atoms with van der Waals surface area (Å²) >= 11 is 6.54. The molecule has 2 aromatic rings. The first-order valence-corrected chi connectivity index (χ1v) is 11.2. The Morgan fingerprint density at radius 1 is 1.04 bits per heavy atom. The summed E-state index contributed by atoms with van der Waals surface area (Å²) in [6, 6.07) is 6.16. The van der Waals surface area contributed by atoms with Gasteiger partial charge in [0, 0.05) is 23.0 Å². The third-order valence-corrected chi connectivity index (χ3v) is 6.29. The van der Waals surface area contributed by atoms with E-state index in [-0.39, 0.29) is 11.7 Å². The number of hydrogen-bond donors (Lipinski definition) is 1. The smallest absolute Gasteiger partial charge is 0.255 e. The molecule has 0 radical (unpaired) electrons. The third kappa shape index (κ3) is 5.09. The van der Waals surface area contributed by atoms with Gasteiger partial charge in [-0.15, -0.1) is 0 Å². The predicted molar refractivity (Wildman–Crippen MR) is 118 cm³/mol. The van der Waals surface area contributed by atoms with Crippen LogP contribution in [0, 0.1) is 0 Å². The van der Waals surface area contributed by atoms with Crippen molar-refractivity contribution in [2.75, 3.05) is 13.1 Å². The normalized spacial score (nSPS) is 20.0. The van der Waals surface area contributed by atoms with Crippen LogP contribution in [-0.2, 0) is 0 Å². The first kappa shape index (κ1) is 21.2. The van der Waals surface area contributed by atoms with Gasteiger partial charge < -0.3 is 14.6 Å². The molecule has 0 atom stereocenters. The summed E-state index contributed by atoms with van der Waals surface area (Å²) in [5.41, 5.74) is -0.120. The lowest BCUT2D eigenvalue weighted by atomic mass is 9.91. The molecule has 3 rings (SSSR count). The molecule has 28 heavy (non-hydrogen) atoms. The molecule has 0 saturated heterocycles. The number of rotatable bonds is 9. The summed E-state index contributed by atoms with van der Waals surface area (Å²) in [5, 5.41) is 1.89. The van der Waals surface area contributed by atoms with Gasteiger partial charge in [-0.25, -0.2) is 0 Å². The number of aromatic amines is 1. The van der Waals surface area contributed by atoms with Crippen LogP contribution in [0.5, 0.6) is 5.75 Å². The quantitative estimate of drug-likeness (QED) is 0.576. The zero-order chi connectivity index (χ0) is 19.9. The molecule has 1 aliphatic rings. The third-order valence-electron chi connectivity index (χ3n) is 5.90. The molecule has 1 aromatic carbocycles. The zero-order valence-electron chi connectivity index (χ0n) is 17.2. The molecule has 1 aliphatic carbocycles. The summed E-state index contributed by atoms with van der Waals surface area (Å²) in [6.45, 7) is 6.98. The SMILES string of the molecule is CCCCN(CCCC)[C@H]1CC[C@@H](Oc2ccc3c(=O)[nH]ccc3c2Cl)CC1. The minimum atomic E-state index is -0.120. The van der Waals surface area contributed by atoms with E-state index in [4.69, 9.17) is 16.3 Å². The number of pyridine rings is 1. The van der Waals surface area contributed by atoms with Crippen LogP contribution in [0.2, 0.25) is 5.02 Å². The molecule has 5 heteroatoms. The van der Waals surface area contributed by atoms with Gasteiger partial charge in [0.2, 0.25) is 0 Å². The molecule has 154 valence electrons. The van der Waals surface area contributed by atoms with Gasteiger partial charge in [0.15, 0.2) is 0 Å². The summed E-state index contributed by atoms with van der Waals surface area (Å²) in [7, 11) is 0. The number of fused-ring (bicyclic) bond motifs is 1. The Balaban J connectivity index is 1.61. The topological polar surface area (TPSA) is 45.3 Å². The molecule has 1 heterocycles. The number of aromatic nitrogens is 1. The number of unbranched alkanes of at least 4 members (excludes halogenated alkanes) is 2. The number of H-pyrrole nitrogens is 1. The molecule has 1 aromatic heterocycles. The number of ether oxygens (including phenoxy) is 1. The Morgan fingerprint density at radius 2 is 1.71 bits per heavy atom. The lowest BCUT2D eigenvalue weighted by molar-refractivity contribution is 0.0862. The van der Waals surface area contributed by atoms with Crippen molar-refractivity contribution in [2.24, 2.45) is 0 Å². The van der Waals surface area contributed by atoms with Crippen LogP contribution in [0.4, 0.5) is 0 Å². The van der Waals surface area contributed by atoms with Crippen LogP contribution in [0.1, 0.15) is 65.2 Å². The van der Waals surface area contributed by atoms with Crippen LogP contribution in [0.15, 0.2) is 29.2 Å². The number of nitrogens with zero attached hydrogens (tertiary/aromatic N) is 1. The molecule has 4 nitrogen and oxygen atoms in total. The molecular weight excluding hydrogens is 372 g/mol. The van der Waals surface area contributed by atoms with E-state index in [1.54, 1.807) is 12.3 Å². The van der Waals surface area contributed by atoms with Gasteiger partial charge in [-0.3, -0.25) is 4.79 Å². The average molecular weight is 405 g/mol. The largest absolute Gasteiger partial charge is 0.489 e. The minimum absolute atomic E-state index is 0.120. The van der Waals surface area contributed by atoms with Gasteiger partial charge in [-0.1, -0.05) is 38.3 Å². The van der Waals surface area contributed by atoms with E-state index in [9.17, 15) is 4.79 Å². The highest BCUT2D eigenvalue weighted by molar-refractivity contribution is 6.37.